The van der Waals surface area contributed by atoms with E-state index in [4.69, 9.17) is 5.73 Å². The number of aromatic nitrogens is 1. The number of nitrogens with zero attached hydrogens (tertiary/aromatic N) is 1. The van der Waals surface area contributed by atoms with E-state index in [-0.39, 0.29) is 5.82 Å². The van der Waals surface area contributed by atoms with Crippen molar-refractivity contribution in [2.24, 2.45) is 0 Å². The number of aryl methyl sites for hydroxylation is 1. The molecule has 3 heteroatoms. The van der Waals surface area contributed by atoms with Crippen LogP contribution in [0, 0.1) is 5.82 Å². The molecule has 0 bridgehead atoms. The van der Waals surface area contributed by atoms with Crippen LogP contribution < -0.4 is 5.73 Å². The summed E-state index contributed by atoms with van der Waals surface area (Å²) in [6.07, 6.45) is 6.08. The maximum atomic E-state index is 14.4. The molecule has 0 saturated heterocycles. The number of nitrogens with two attached hydrogens (primary N) is 1. The average molecular weight is 228 g/mol. The molecule has 0 spiro atoms. The fraction of sp³-hybridized carbons (Fsp3) is 0.214. The van der Waals surface area contributed by atoms with Crippen molar-refractivity contribution in [2.75, 3.05) is 5.73 Å². The van der Waals surface area contributed by atoms with E-state index in [2.05, 4.69) is 4.98 Å². The van der Waals surface area contributed by atoms with Gasteiger partial charge in [0.15, 0.2) is 0 Å². The van der Waals surface area contributed by atoms with E-state index >= 15 is 0 Å². The third kappa shape index (κ3) is 1.58. The van der Waals surface area contributed by atoms with Gasteiger partial charge in [0.25, 0.3) is 0 Å². The van der Waals surface area contributed by atoms with Gasteiger partial charge in [-0.3, -0.25) is 4.98 Å². The Kier molecular flexibility index (Phi) is 2.32. The van der Waals surface area contributed by atoms with E-state index in [0.29, 0.717) is 11.3 Å². The SMILES string of the molecule is Nc1cc2c(c(F)c1-c1ccncc1)CCC2. The van der Waals surface area contributed by atoms with Gasteiger partial charge >= 0.3 is 0 Å². The van der Waals surface area contributed by atoms with Crippen LogP contribution in [0.2, 0.25) is 0 Å². The third-order valence-electron chi connectivity index (χ3n) is 3.33. The van der Waals surface area contributed by atoms with Crippen LogP contribution in [0.3, 0.4) is 0 Å². The molecular formula is C14H13FN2. The van der Waals surface area contributed by atoms with Crippen molar-refractivity contribution in [2.45, 2.75) is 19.3 Å². The molecule has 0 saturated carbocycles. The number of anilines is 1. The molecule has 1 heterocycles. The second kappa shape index (κ2) is 3.84. The number of fused-ring (bicyclic) bond motifs is 1. The molecular weight excluding hydrogens is 215 g/mol. The number of rotatable bonds is 1. The summed E-state index contributed by atoms with van der Waals surface area (Å²) in [5, 5.41) is 0. The van der Waals surface area contributed by atoms with Crippen molar-refractivity contribution in [3.05, 3.63) is 47.5 Å². The predicted molar refractivity (Wildman–Crippen MR) is 66.1 cm³/mol. The molecule has 1 aliphatic rings. The van der Waals surface area contributed by atoms with Gasteiger partial charge in [0, 0.05) is 23.6 Å². The topological polar surface area (TPSA) is 38.9 Å². The summed E-state index contributed by atoms with van der Waals surface area (Å²) in [6.45, 7) is 0. The minimum atomic E-state index is -0.149. The predicted octanol–water partition coefficient (Wildman–Crippen LogP) is 2.96. The van der Waals surface area contributed by atoms with Crippen molar-refractivity contribution in [1.29, 1.82) is 0 Å². The summed E-state index contributed by atoms with van der Waals surface area (Å²) in [5.41, 5.74) is 9.71. The Labute approximate surface area is 99.3 Å². The van der Waals surface area contributed by atoms with Gasteiger partial charge < -0.3 is 5.73 Å². The second-order valence-electron chi connectivity index (χ2n) is 4.38. The van der Waals surface area contributed by atoms with Crippen molar-refractivity contribution in [1.82, 2.24) is 4.98 Å². The van der Waals surface area contributed by atoms with Gasteiger partial charge in [0.2, 0.25) is 0 Å². The zero-order valence-corrected chi connectivity index (χ0v) is 9.41. The van der Waals surface area contributed by atoms with Gasteiger partial charge in [-0.25, -0.2) is 4.39 Å². The van der Waals surface area contributed by atoms with E-state index in [9.17, 15) is 4.39 Å². The minimum Gasteiger partial charge on any atom is -0.398 e. The molecule has 0 radical (unpaired) electrons. The van der Waals surface area contributed by atoms with E-state index in [1.807, 2.05) is 6.07 Å². The van der Waals surface area contributed by atoms with Crippen LogP contribution in [-0.4, -0.2) is 4.98 Å². The molecule has 0 unspecified atom stereocenters. The van der Waals surface area contributed by atoms with Crippen LogP contribution >= 0.6 is 0 Å². The maximum absolute atomic E-state index is 14.4. The molecule has 0 aliphatic heterocycles. The zero-order chi connectivity index (χ0) is 11.8. The van der Waals surface area contributed by atoms with E-state index < -0.39 is 0 Å². The van der Waals surface area contributed by atoms with Crippen LogP contribution in [0.5, 0.6) is 0 Å². The summed E-state index contributed by atoms with van der Waals surface area (Å²) in [6, 6.07) is 5.49. The molecule has 1 aliphatic carbocycles. The first-order valence-electron chi connectivity index (χ1n) is 5.77. The van der Waals surface area contributed by atoms with Gasteiger partial charge in [-0.1, -0.05) is 0 Å². The molecule has 0 amide bonds. The Balaban J connectivity index is 2.24. The molecule has 86 valence electrons. The number of halogens is 1. The molecule has 2 N–H and O–H groups in total. The quantitative estimate of drug-likeness (QED) is 0.762. The van der Waals surface area contributed by atoms with Gasteiger partial charge in [-0.05, 0) is 54.2 Å². The number of benzene rings is 1. The number of hydrogen-bond acceptors (Lipinski definition) is 2. The van der Waals surface area contributed by atoms with Crippen molar-refractivity contribution >= 4 is 5.69 Å². The Bertz CT molecular complexity index is 564. The van der Waals surface area contributed by atoms with Crippen LogP contribution in [-0.2, 0) is 12.8 Å². The number of pyridine rings is 1. The molecule has 1 aromatic carbocycles. The highest BCUT2D eigenvalue weighted by Gasteiger charge is 2.21. The summed E-state index contributed by atoms with van der Waals surface area (Å²) >= 11 is 0. The fourth-order valence-electron chi connectivity index (χ4n) is 2.53. The molecule has 3 rings (SSSR count). The Morgan fingerprint density at radius 1 is 1.18 bits per heavy atom. The monoisotopic (exact) mass is 228 g/mol. The first kappa shape index (κ1) is 10.3. The first-order chi connectivity index (χ1) is 8.27. The third-order valence-corrected chi connectivity index (χ3v) is 3.33. The van der Waals surface area contributed by atoms with E-state index in [1.54, 1.807) is 24.5 Å². The summed E-state index contributed by atoms with van der Waals surface area (Å²) in [5.74, 6) is -0.149. The highest BCUT2D eigenvalue weighted by molar-refractivity contribution is 5.78. The molecule has 0 atom stereocenters. The van der Waals surface area contributed by atoms with Gasteiger partial charge in [-0.15, -0.1) is 0 Å². The van der Waals surface area contributed by atoms with Crippen LogP contribution in [0.25, 0.3) is 11.1 Å². The summed E-state index contributed by atoms with van der Waals surface area (Å²) in [4.78, 5) is 3.94. The van der Waals surface area contributed by atoms with Crippen LogP contribution in [0.4, 0.5) is 10.1 Å². The van der Waals surface area contributed by atoms with Crippen molar-refractivity contribution < 1.29 is 4.39 Å². The lowest BCUT2D eigenvalue weighted by Crippen LogP contribution is -1.99. The van der Waals surface area contributed by atoms with Gasteiger partial charge in [0.1, 0.15) is 5.82 Å². The smallest absolute Gasteiger partial charge is 0.136 e. The first-order valence-corrected chi connectivity index (χ1v) is 5.77. The molecule has 1 aromatic heterocycles. The van der Waals surface area contributed by atoms with Crippen LogP contribution in [0.1, 0.15) is 17.5 Å². The van der Waals surface area contributed by atoms with Crippen molar-refractivity contribution in [3.63, 3.8) is 0 Å². The Morgan fingerprint density at radius 2 is 1.94 bits per heavy atom. The van der Waals surface area contributed by atoms with E-state index in [1.165, 1.54) is 0 Å². The minimum absolute atomic E-state index is 0.149. The van der Waals surface area contributed by atoms with Crippen molar-refractivity contribution in [3.8, 4) is 11.1 Å². The van der Waals surface area contributed by atoms with E-state index in [0.717, 1.165) is 36.0 Å². The second-order valence-corrected chi connectivity index (χ2v) is 4.38. The summed E-state index contributed by atoms with van der Waals surface area (Å²) < 4.78 is 14.4. The van der Waals surface area contributed by atoms with Gasteiger partial charge in [0.05, 0.1) is 0 Å². The molecule has 17 heavy (non-hydrogen) atoms. The standard InChI is InChI=1S/C14H13FN2/c15-14-11-3-1-2-10(11)8-12(16)13(14)9-4-6-17-7-5-9/h4-8H,1-3,16H2. The summed E-state index contributed by atoms with van der Waals surface area (Å²) in [7, 11) is 0. The average Bonchev–Trinajstić information content (AvgIpc) is 2.78. The van der Waals surface area contributed by atoms with Crippen LogP contribution in [0.15, 0.2) is 30.6 Å². The molecule has 2 nitrogen and oxygen atoms in total. The molecule has 2 aromatic rings. The largest absolute Gasteiger partial charge is 0.398 e. The fourth-order valence-corrected chi connectivity index (χ4v) is 2.53. The zero-order valence-electron chi connectivity index (χ0n) is 9.41. The lowest BCUT2D eigenvalue weighted by Gasteiger charge is -2.11. The number of nitrogen functional groups attached to an aromatic ring is 1. The maximum Gasteiger partial charge on any atom is 0.136 e. The lowest BCUT2D eigenvalue weighted by atomic mass is 9.98. The molecule has 0 fully saturated rings. The number of hydrogen-bond donors (Lipinski definition) is 1. The Hall–Kier alpha value is -1.90. The highest BCUT2D eigenvalue weighted by Crippen LogP contribution is 2.36. The Morgan fingerprint density at radius 3 is 2.71 bits per heavy atom. The normalized spacial score (nSPS) is 13.7. The highest BCUT2D eigenvalue weighted by atomic mass is 19.1. The lowest BCUT2D eigenvalue weighted by molar-refractivity contribution is 0.617. The van der Waals surface area contributed by atoms with Gasteiger partial charge in [-0.2, -0.15) is 0 Å².